The van der Waals surface area contributed by atoms with E-state index in [4.69, 9.17) is 0 Å². The number of rotatable bonds is 4. The first-order valence-corrected chi connectivity index (χ1v) is 5.92. The molecule has 0 fully saturated rings. The minimum absolute atomic E-state index is 0.0597. The summed E-state index contributed by atoms with van der Waals surface area (Å²) in [6, 6.07) is 1.48. The van der Waals surface area contributed by atoms with E-state index in [-0.39, 0.29) is 11.6 Å². The van der Waals surface area contributed by atoms with Crippen molar-refractivity contribution in [3.8, 4) is 0 Å². The molecule has 0 aliphatic carbocycles. The van der Waals surface area contributed by atoms with Crippen molar-refractivity contribution in [1.29, 1.82) is 0 Å². The van der Waals surface area contributed by atoms with Crippen molar-refractivity contribution >= 4 is 16.5 Å². The fourth-order valence-corrected chi connectivity index (χ4v) is 1.92. The van der Waals surface area contributed by atoms with Gasteiger partial charge >= 0.3 is 0 Å². The van der Waals surface area contributed by atoms with Gasteiger partial charge in [-0.15, -0.1) is 0 Å². The fourth-order valence-electron chi connectivity index (χ4n) is 1.13. The summed E-state index contributed by atoms with van der Waals surface area (Å²) in [4.78, 5) is 10.9. The Labute approximate surface area is 84.4 Å². The van der Waals surface area contributed by atoms with E-state index in [1.54, 1.807) is 6.26 Å². The van der Waals surface area contributed by atoms with Gasteiger partial charge in [-0.3, -0.25) is 9.00 Å². The molecule has 1 aromatic rings. The Bertz CT molecular complexity index is 377. The van der Waals surface area contributed by atoms with Crippen molar-refractivity contribution in [2.45, 2.75) is 13.0 Å². The maximum atomic E-state index is 10.9. The summed E-state index contributed by atoms with van der Waals surface area (Å²) in [7, 11) is -0.844. The average Bonchev–Trinajstić information content (AvgIpc) is 2.01. The van der Waals surface area contributed by atoms with E-state index in [0.29, 0.717) is 11.4 Å². The smallest absolute Gasteiger partial charge is 0.266 e. The van der Waals surface area contributed by atoms with Crippen molar-refractivity contribution in [3.05, 3.63) is 22.6 Å². The Hall–Kier alpha value is -1.17. The Morgan fingerprint density at radius 1 is 1.71 bits per heavy atom. The highest BCUT2D eigenvalue weighted by molar-refractivity contribution is 7.84. The topological polar surface area (TPSA) is 74.8 Å². The zero-order valence-electron chi connectivity index (χ0n) is 8.11. The van der Waals surface area contributed by atoms with Crippen LogP contribution in [0.5, 0.6) is 0 Å². The van der Waals surface area contributed by atoms with Gasteiger partial charge in [0, 0.05) is 34.9 Å². The van der Waals surface area contributed by atoms with Crippen molar-refractivity contribution in [1.82, 2.24) is 10.2 Å². The van der Waals surface area contributed by atoms with Crippen LogP contribution < -0.4 is 10.9 Å². The van der Waals surface area contributed by atoms with Gasteiger partial charge in [0.1, 0.15) is 0 Å². The molecule has 78 valence electrons. The Kier molecular flexibility index (Phi) is 3.82. The second kappa shape index (κ2) is 4.90. The van der Waals surface area contributed by atoms with Gasteiger partial charge in [-0.2, -0.15) is 5.10 Å². The van der Waals surface area contributed by atoms with Crippen LogP contribution in [0.3, 0.4) is 0 Å². The van der Waals surface area contributed by atoms with Crippen LogP contribution in [-0.4, -0.2) is 32.5 Å². The van der Waals surface area contributed by atoms with Gasteiger partial charge in [-0.25, -0.2) is 5.10 Å². The van der Waals surface area contributed by atoms with Crippen LogP contribution >= 0.6 is 0 Å². The number of nitrogens with one attached hydrogen (secondary N) is 2. The Morgan fingerprint density at radius 3 is 3.00 bits per heavy atom. The number of nitrogens with zero attached hydrogens (tertiary/aromatic N) is 1. The zero-order valence-corrected chi connectivity index (χ0v) is 8.93. The molecular weight excluding hydrogens is 202 g/mol. The first kappa shape index (κ1) is 10.9. The minimum atomic E-state index is -0.844. The van der Waals surface area contributed by atoms with Crippen LogP contribution in [0.4, 0.5) is 5.69 Å². The summed E-state index contributed by atoms with van der Waals surface area (Å²) < 4.78 is 10.9. The third-order valence-corrected chi connectivity index (χ3v) is 2.53. The fraction of sp³-hybridized carbons (Fsp3) is 0.500. The van der Waals surface area contributed by atoms with Gasteiger partial charge in [0.05, 0.1) is 11.9 Å². The van der Waals surface area contributed by atoms with E-state index in [1.807, 2.05) is 6.92 Å². The van der Waals surface area contributed by atoms with E-state index in [9.17, 15) is 9.00 Å². The van der Waals surface area contributed by atoms with E-state index in [1.165, 1.54) is 12.3 Å². The lowest BCUT2D eigenvalue weighted by Crippen LogP contribution is -2.23. The first-order valence-electron chi connectivity index (χ1n) is 4.19. The van der Waals surface area contributed by atoms with Gasteiger partial charge < -0.3 is 5.32 Å². The highest BCUT2D eigenvalue weighted by Gasteiger charge is 2.04. The monoisotopic (exact) mass is 215 g/mol. The molecule has 5 nitrogen and oxygen atoms in total. The number of hydrogen-bond acceptors (Lipinski definition) is 4. The van der Waals surface area contributed by atoms with E-state index < -0.39 is 10.8 Å². The lowest BCUT2D eigenvalue weighted by atomic mass is 10.3. The number of hydrogen-bond donors (Lipinski definition) is 2. The quantitative estimate of drug-likeness (QED) is 0.738. The molecule has 6 heteroatoms. The second-order valence-corrected chi connectivity index (χ2v) is 4.60. The van der Waals surface area contributed by atoms with E-state index in [0.717, 1.165) is 0 Å². The SMILES string of the molecule is CC(CS(C)=O)Nc1cn[nH]c(=O)c1. The standard InChI is InChI=1S/C8H13N3O2S/c1-6(5-14(2)13)10-7-3-8(12)11-9-4-7/h3-4,6H,5H2,1-2H3,(H2,10,11,12). The maximum absolute atomic E-state index is 10.9. The Morgan fingerprint density at radius 2 is 2.43 bits per heavy atom. The normalized spacial score (nSPS) is 14.7. The highest BCUT2D eigenvalue weighted by atomic mass is 32.2. The molecule has 1 aromatic heterocycles. The molecule has 0 aromatic carbocycles. The van der Waals surface area contributed by atoms with E-state index >= 15 is 0 Å². The molecule has 1 heterocycles. The van der Waals surface area contributed by atoms with Crippen LogP contribution in [0, 0.1) is 0 Å². The van der Waals surface area contributed by atoms with Crippen molar-refractivity contribution in [2.24, 2.45) is 0 Å². The zero-order chi connectivity index (χ0) is 10.6. The molecule has 0 aliphatic rings. The van der Waals surface area contributed by atoms with Crippen LogP contribution in [0.1, 0.15) is 6.92 Å². The Balaban J connectivity index is 2.60. The minimum Gasteiger partial charge on any atom is -0.380 e. The molecule has 1 rings (SSSR count). The summed E-state index contributed by atoms with van der Waals surface area (Å²) in [5.74, 6) is 0.548. The third kappa shape index (κ3) is 3.69. The lowest BCUT2D eigenvalue weighted by Gasteiger charge is -2.12. The summed E-state index contributed by atoms with van der Waals surface area (Å²) in [6.45, 7) is 1.91. The van der Waals surface area contributed by atoms with Gasteiger partial charge in [-0.1, -0.05) is 0 Å². The maximum Gasteiger partial charge on any atom is 0.266 e. The third-order valence-electron chi connectivity index (χ3n) is 1.56. The van der Waals surface area contributed by atoms with Crippen molar-refractivity contribution < 1.29 is 4.21 Å². The number of aromatic amines is 1. The van der Waals surface area contributed by atoms with Crippen LogP contribution in [-0.2, 0) is 10.8 Å². The molecule has 14 heavy (non-hydrogen) atoms. The molecule has 0 saturated heterocycles. The molecule has 2 unspecified atom stereocenters. The van der Waals surface area contributed by atoms with Crippen LogP contribution in [0.25, 0.3) is 0 Å². The number of anilines is 1. The summed E-state index contributed by atoms with van der Waals surface area (Å²) in [5, 5.41) is 8.96. The summed E-state index contributed by atoms with van der Waals surface area (Å²) in [6.07, 6.45) is 3.17. The predicted molar refractivity (Wildman–Crippen MR) is 56.9 cm³/mol. The molecule has 0 saturated carbocycles. The molecule has 2 atom stereocenters. The van der Waals surface area contributed by atoms with Crippen LogP contribution in [0.2, 0.25) is 0 Å². The van der Waals surface area contributed by atoms with Crippen molar-refractivity contribution in [2.75, 3.05) is 17.3 Å². The summed E-state index contributed by atoms with van der Waals surface area (Å²) >= 11 is 0. The number of aromatic nitrogens is 2. The lowest BCUT2D eigenvalue weighted by molar-refractivity contribution is 0.683. The van der Waals surface area contributed by atoms with Crippen LogP contribution in [0.15, 0.2) is 17.1 Å². The molecule has 0 bridgehead atoms. The largest absolute Gasteiger partial charge is 0.380 e. The molecule has 0 amide bonds. The average molecular weight is 215 g/mol. The first-order chi connectivity index (χ1) is 6.58. The van der Waals surface area contributed by atoms with Crippen molar-refractivity contribution in [3.63, 3.8) is 0 Å². The molecular formula is C8H13N3O2S. The summed E-state index contributed by atoms with van der Waals surface area (Å²) in [5.41, 5.74) is 0.395. The molecule has 2 N–H and O–H groups in total. The molecule has 0 aliphatic heterocycles. The molecule has 0 radical (unpaired) electrons. The van der Waals surface area contributed by atoms with Gasteiger partial charge in [0.2, 0.25) is 0 Å². The predicted octanol–water partition coefficient (Wildman–Crippen LogP) is -0.0512. The van der Waals surface area contributed by atoms with E-state index in [2.05, 4.69) is 15.5 Å². The number of H-pyrrole nitrogens is 1. The highest BCUT2D eigenvalue weighted by Crippen LogP contribution is 2.02. The molecule has 0 spiro atoms. The second-order valence-electron chi connectivity index (χ2n) is 3.12. The van der Waals surface area contributed by atoms with Gasteiger partial charge in [0.15, 0.2) is 0 Å². The van der Waals surface area contributed by atoms with Gasteiger partial charge in [-0.05, 0) is 6.92 Å². The van der Waals surface area contributed by atoms with Gasteiger partial charge in [0.25, 0.3) is 5.56 Å².